The molecule has 28 heavy (non-hydrogen) atoms. The Morgan fingerprint density at radius 3 is 1.79 bits per heavy atom. The van der Waals surface area contributed by atoms with E-state index in [9.17, 15) is 24.0 Å². The van der Waals surface area contributed by atoms with Crippen molar-refractivity contribution < 1.29 is 57.5 Å². The monoisotopic (exact) mass is 406 g/mol. The molecule has 1 saturated heterocycles. The maximum Gasteiger partial charge on any atom is 0.508 e. The van der Waals surface area contributed by atoms with E-state index in [-0.39, 0.29) is 0 Å². The highest BCUT2D eigenvalue weighted by molar-refractivity contribution is 5.69. The van der Waals surface area contributed by atoms with Gasteiger partial charge in [-0.3, -0.25) is 19.2 Å². The van der Waals surface area contributed by atoms with Gasteiger partial charge in [0.15, 0.2) is 12.2 Å². The van der Waals surface area contributed by atoms with Crippen molar-refractivity contribution in [1.29, 1.82) is 0 Å². The van der Waals surface area contributed by atoms with Crippen molar-refractivity contribution in [2.75, 3.05) is 6.61 Å². The number of carbonyl (C=O) groups is 5. The molecule has 1 rings (SSSR count). The Kier molecular flexibility index (Phi) is 7.73. The second-order valence-corrected chi connectivity index (χ2v) is 6.02. The van der Waals surface area contributed by atoms with Gasteiger partial charge in [-0.1, -0.05) is 0 Å². The van der Waals surface area contributed by atoms with Gasteiger partial charge in [0.1, 0.15) is 12.7 Å². The van der Waals surface area contributed by atoms with Crippen LogP contribution in [0.15, 0.2) is 0 Å². The van der Waals surface area contributed by atoms with Crippen LogP contribution in [0.25, 0.3) is 0 Å². The van der Waals surface area contributed by atoms with Gasteiger partial charge in [-0.05, 0) is 0 Å². The zero-order valence-corrected chi connectivity index (χ0v) is 16.0. The van der Waals surface area contributed by atoms with Crippen LogP contribution in [-0.4, -0.2) is 71.9 Å². The fourth-order valence-corrected chi connectivity index (χ4v) is 2.71. The Balaban J connectivity index is 3.43. The minimum atomic E-state index is -2.17. The molecule has 12 heteroatoms. The number of carboxylic acid groups (broad SMARTS) is 1. The number of hydrogen-bond donors (Lipinski definition) is 1. The van der Waals surface area contributed by atoms with E-state index < -0.39 is 66.8 Å². The van der Waals surface area contributed by atoms with Gasteiger partial charge in [0, 0.05) is 34.6 Å². The first kappa shape index (κ1) is 23.1. The van der Waals surface area contributed by atoms with E-state index in [4.69, 9.17) is 33.5 Å². The summed E-state index contributed by atoms with van der Waals surface area (Å²) in [6, 6.07) is 0. The van der Waals surface area contributed by atoms with Gasteiger partial charge in [-0.15, -0.1) is 0 Å². The van der Waals surface area contributed by atoms with Gasteiger partial charge < -0.3 is 33.5 Å². The molecule has 0 bridgehead atoms. The number of esters is 4. The average molecular weight is 406 g/mol. The molecule has 0 saturated carbocycles. The van der Waals surface area contributed by atoms with Gasteiger partial charge in [0.05, 0.1) is 0 Å². The molecule has 1 aliphatic heterocycles. The molecule has 1 N–H and O–H groups in total. The average Bonchev–Trinajstić information content (AvgIpc) is 2.50. The smallest absolute Gasteiger partial charge is 0.463 e. The SMILES string of the molecule is CC(=O)OC[C@H]1OC(C)(OC(=O)O)[C@@H](OC(C)=O)[C@@H](OC(C)=O)[C@@H]1OC(C)=O. The lowest BCUT2D eigenvalue weighted by molar-refractivity contribution is -0.344. The third-order valence-electron chi connectivity index (χ3n) is 3.53. The molecule has 0 aromatic heterocycles. The highest BCUT2D eigenvalue weighted by Gasteiger charge is 2.60. The summed E-state index contributed by atoms with van der Waals surface area (Å²) in [7, 11) is 0. The third-order valence-corrected chi connectivity index (χ3v) is 3.53. The van der Waals surface area contributed by atoms with Crippen molar-refractivity contribution in [3.63, 3.8) is 0 Å². The molecule has 0 aromatic carbocycles. The molecule has 0 aliphatic carbocycles. The normalized spacial score (nSPS) is 29.2. The van der Waals surface area contributed by atoms with Crippen molar-refractivity contribution >= 4 is 30.0 Å². The first-order valence-electron chi connectivity index (χ1n) is 8.10. The fraction of sp³-hybridized carbons (Fsp3) is 0.688. The predicted molar refractivity (Wildman–Crippen MR) is 85.7 cm³/mol. The molecule has 0 aromatic rings. The van der Waals surface area contributed by atoms with Crippen LogP contribution in [0.1, 0.15) is 34.6 Å². The first-order valence-corrected chi connectivity index (χ1v) is 8.10. The van der Waals surface area contributed by atoms with E-state index in [2.05, 4.69) is 0 Å². The van der Waals surface area contributed by atoms with Crippen LogP contribution in [0.2, 0.25) is 0 Å². The maximum absolute atomic E-state index is 11.6. The highest BCUT2D eigenvalue weighted by atomic mass is 16.8. The summed E-state index contributed by atoms with van der Waals surface area (Å²) in [6.45, 7) is 4.88. The molecular weight excluding hydrogens is 384 g/mol. The standard InChI is InChI=1S/C16H22O12/c1-7(17)23-6-11-12(24-8(2)18)13(25-9(3)19)14(26-10(4)20)16(5,27-11)28-15(21)22/h11-14H,6H2,1-5H3,(H,21,22)/t11-,12-,13+,14+,16?/m1/s1. The van der Waals surface area contributed by atoms with Crippen LogP contribution in [-0.2, 0) is 47.6 Å². The molecule has 0 amide bonds. The van der Waals surface area contributed by atoms with Crippen LogP contribution >= 0.6 is 0 Å². The van der Waals surface area contributed by atoms with Crippen molar-refractivity contribution in [2.24, 2.45) is 0 Å². The molecule has 1 unspecified atom stereocenters. The molecule has 5 atom stereocenters. The topological polar surface area (TPSA) is 161 Å². The Bertz CT molecular complexity index is 644. The summed E-state index contributed by atoms with van der Waals surface area (Å²) < 4.78 is 30.5. The molecule has 0 radical (unpaired) electrons. The zero-order valence-electron chi connectivity index (χ0n) is 16.0. The summed E-state index contributed by atoms with van der Waals surface area (Å²) in [5.74, 6) is -5.38. The lowest BCUT2D eigenvalue weighted by Gasteiger charge is -2.48. The Hall–Kier alpha value is -2.89. The molecule has 1 fully saturated rings. The number of carbonyl (C=O) groups excluding carboxylic acids is 4. The van der Waals surface area contributed by atoms with Crippen LogP contribution in [0.3, 0.4) is 0 Å². The second kappa shape index (κ2) is 9.35. The Morgan fingerprint density at radius 1 is 0.857 bits per heavy atom. The molecule has 1 heterocycles. The quantitative estimate of drug-likeness (QED) is 0.470. The van der Waals surface area contributed by atoms with Crippen molar-refractivity contribution in [1.82, 2.24) is 0 Å². The second-order valence-electron chi connectivity index (χ2n) is 6.02. The van der Waals surface area contributed by atoms with Gasteiger partial charge in [-0.25, -0.2) is 4.79 Å². The third kappa shape index (κ3) is 6.37. The summed E-state index contributed by atoms with van der Waals surface area (Å²) in [5.41, 5.74) is 0. The van der Waals surface area contributed by atoms with Gasteiger partial charge in [0.25, 0.3) is 5.79 Å². The van der Waals surface area contributed by atoms with Gasteiger partial charge >= 0.3 is 30.0 Å². The Morgan fingerprint density at radius 2 is 1.36 bits per heavy atom. The molecule has 0 spiro atoms. The molecule has 12 nitrogen and oxygen atoms in total. The highest BCUT2D eigenvalue weighted by Crippen LogP contribution is 2.36. The van der Waals surface area contributed by atoms with Gasteiger partial charge in [-0.2, -0.15) is 0 Å². The van der Waals surface area contributed by atoms with E-state index in [1.165, 1.54) is 0 Å². The van der Waals surface area contributed by atoms with E-state index >= 15 is 0 Å². The Labute approximate surface area is 159 Å². The maximum atomic E-state index is 11.6. The van der Waals surface area contributed by atoms with Crippen LogP contribution in [0.5, 0.6) is 0 Å². The van der Waals surface area contributed by atoms with Crippen LogP contribution in [0.4, 0.5) is 4.79 Å². The largest absolute Gasteiger partial charge is 0.508 e. The summed E-state index contributed by atoms with van der Waals surface area (Å²) in [4.78, 5) is 57.0. The number of ether oxygens (including phenoxy) is 6. The van der Waals surface area contributed by atoms with Crippen LogP contribution in [0, 0.1) is 0 Å². The van der Waals surface area contributed by atoms with E-state index in [0.717, 1.165) is 34.6 Å². The van der Waals surface area contributed by atoms with E-state index in [0.29, 0.717) is 0 Å². The van der Waals surface area contributed by atoms with E-state index in [1.807, 2.05) is 0 Å². The van der Waals surface area contributed by atoms with Crippen LogP contribution < -0.4 is 0 Å². The molecule has 158 valence electrons. The summed E-state index contributed by atoms with van der Waals surface area (Å²) in [6.07, 6.45) is -7.60. The molecule has 1 aliphatic rings. The van der Waals surface area contributed by atoms with Gasteiger partial charge in [0.2, 0.25) is 6.10 Å². The lowest BCUT2D eigenvalue weighted by atomic mass is 9.92. The molecular formula is C16H22O12. The van der Waals surface area contributed by atoms with Crippen molar-refractivity contribution in [2.45, 2.75) is 64.8 Å². The minimum absolute atomic E-state index is 0.490. The summed E-state index contributed by atoms with van der Waals surface area (Å²) in [5, 5.41) is 9.05. The predicted octanol–water partition coefficient (Wildman–Crippen LogP) is 0.154. The number of rotatable bonds is 6. The van der Waals surface area contributed by atoms with Crippen molar-refractivity contribution in [3.05, 3.63) is 0 Å². The lowest BCUT2D eigenvalue weighted by Crippen LogP contribution is -2.68. The summed E-state index contributed by atoms with van der Waals surface area (Å²) >= 11 is 0. The van der Waals surface area contributed by atoms with Crippen molar-refractivity contribution in [3.8, 4) is 0 Å². The minimum Gasteiger partial charge on any atom is -0.463 e. The first-order chi connectivity index (χ1) is 12.9. The fourth-order valence-electron chi connectivity index (χ4n) is 2.71. The number of hydrogen-bond acceptors (Lipinski definition) is 11. The van der Waals surface area contributed by atoms with E-state index in [1.54, 1.807) is 0 Å². The zero-order chi connectivity index (χ0) is 21.6.